The SMILES string of the molecule is Cc1cccc(CSc2cc(F)cc(CO)c2)c1. The van der Waals surface area contributed by atoms with Crippen LogP contribution in [0.25, 0.3) is 0 Å². The third-order valence-electron chi connectivity index (χ3n) is 2.60. The monoisotopic (exact) mass is 262 g/mol. The van der Waals surface area contributed by atoms with Gasteiger partial charge in [0.1, 0.15) is 5.82 Å². The van der Waals surface area contributed by atoms with Crippen molar-refractivity contribution in [3.63, 3.8) is 0 Å². The van der Waals surface area contributed by atoms with Crippen molar-refractivity contribution in [1.29, 1.82) is 0 Å². The number of aliphatic hydroxyl groups is 1. The third-order valence-corrected chi connectivity index (χ3v) is 3.65. The molecule has 2 aromatic carbocycles. The number of aliphatic hydroxyl groups excluding tert-OH is 1. The summed E-state index contributed by atoms with van der Waals surface area (Å²) >= 11 is 1.57. The zero-order valence-electron chi connectivity index (χ0n) is 10.2. The first kappa shape index (κ1) is 13.1. The van der Waals surface area contributed by atoms with Gasteiger partial charge in [-0.05, 0) is 36.2 Å². The van der Waals surface area contributed by atoms with Crippen molar-refractivity contribution < 1.29 is 9.50 Å². The van der Waals surface area contributed by atoms with Gasteiger partial charge in [0.2, 0.25) is 0 Å². The number of rotatable bonds is 4. The first-order chi connectivity index (χ1) is 8.67. The maximum atomic E-state index is 13.3. The summed E-state index contributed by atoms with van der Waals surface area (Å²) in [6, 6.07) is 12.9. The number of benzene rings is 2. The Labute approximate surface area is 111 Å². The Morgan fingerprint density at radius 3 is 2.67 bits per heavy atom. The van der Waals surface area contributed by atoms with Crippen LogP contribution in [0, 0.1) is 12.7 Å². The topological polar surface area (TPSA) is 20.2 Å². The first-order valence-electron chi connectivity index (χ1n) is 5.76. The highest BCUT2D eigenvalue weighted by Gasteiger charge is 2.02. The molecule has 0 fully saturated rings. The first-order valence-corrected chi connectivity index (χ1v) is 6.74. The molecule has 18 heavy (non-hydrogen) atoms. The summed E-state index contributed by atoms with van der Waals surface area (Å²) in [5.74, 6) is 0.504. The molecule has 0 aliphatic carbocycles. The third kappa shape index (κ3) is 3.59. The van der Waals surface area contributed by atoms with E-state index in [1.807, 2.05) is 12.1 Å². The number of thioether (sulfide) groups is 1. The Morgan fingerprint density at radius 1 is 1.11 bits per heavy atom. The number of halogens is 1. The second-order valence-electron chi connectivity index (χ2n) is 4.23. The molecule has 1 N–H and O–H groups in total. The van der Waals surface area contributed by atoms with E-state index in [1.54, 1.807) is 11.8 Å². The lowest BCUT2D eigenvalue weighted by Crippen LogP contribution is -1.88. The minimum atomic E-state index is -0.298. The van der Waals surface area contributed by atoms with E-state index in [0.717, 1.165) is 10.6 Å². The van der Waals surface area contributed by atoms with E-state index < -0.39 is 0 Å². The van der Waals surface area contributed by atoms with Crippen LogP contribution in [0.2, 0.25) is 0 Å². The Kier molecular flexibility index (Phi) is 4.39. The van der Waals surface area contributed by atoms with Crippen LogP contribution in [0.3, 0.4) is 0 Å². The zero-order valence-corrected chi connectivity index (χ0v) is 11.0. The van der Waals surface area contributed by atoms with Gasteiger partial charge in [0, 0.05) is 10.6 Å². The molecule has 0 saturated carbocycles. The quantitative estimate of drug-likeness (QED) is 0.843. The Balaban J connectivity index is 2.08. The summed E-state index contributed by atoms with van der Waals surface area (Å²) in [5.41, 5.74) is 3.06. The van der Waals surface area contributed by atoms with Crippen LogP contribution in [0.15, 0.2) is 47.4 Å². The Morgan fingerprint density at radius 2 is 1.94 bits per heavy atom. The summed E-state index contributed by atoms with van der Waals surface area (Å²) in [4.78, 5) is 0.848. The molecule has 0 aromatic heterocycles. The lowest BCUT2D eigenvalue weighted by atomic mass is 10.2. The van der Waals surface area contributed by atoms with E-state index in [1.165, 1.54) is 23.3 Å². The van der Waals surface area contributed by atoms with Crippen LogP contribution in [0.1, 0.15) is 16.7 Å². The van der Waals surface area contributed by atoms with Crippen LogP contribution in [0.4, 0.5) is 4.39 Å². The highest BCUT2D eigenvalue weighted by molar-refractivity contribution is 7.98. The molecule has 0 bridgehead atoms. The molecule has 0 saturated heterocycles. The predicted molar refractivity (Wildman–Crippen MR) is 73.1 cm³/mol. The van der Waals surface area contributed by atoms with Crippen molar-refractivity contribution in [1.82, 2.24) is 0 Å². The lowest BCUT2D eigenvalue weighted by molar-refractivity contribution is 0.281. The van der Waals surface area contributed by atoms with Gasteiger partial charge in [0.25, 0.3) is 0 Å². The van der Waals surface area contributed by atoms with Gasteiger partial charge >= 0.3 is 0 Å². The maximum absolute atomic E-state index is 13.3. The average Bonchev–Trinajstić information content (AvgIpc) is 2.36. The summed E-state index contributed by atoms with van der Waals surface area (Å²) in [6.07, 6.45) is 0. The van der Waals surface area contributed by atoms with Crippen LogP contribution in [-0.4, -0.2) is 5.11 Å². The minimum absolute atomic E-state index is 0.129. The van der Waals surface area contributed by atoms with Crippen molar-refractivity contribution in [2.45, 2.75) is 24.2 Å². The van der Waals surface area contributed by atoms with Crippen molar-refractivity contribution in [3.8, 4) is 0 Å². The Bertz CT molecular complexity index is 540. The minimum Gasteiger partial charge on any atom is -0.392 e. The van der Waals surface area contributed by atoms with Crippen molar-refractivity contribution in [2.75, 3.05) is 0 Å². The summed E-state index contributed by atoms with van der Waals surface area (Å²) in [6.45, 7) is 1.93. The normalized spacial score (nSPS) is 10.6. The van der Waals surface area contributed by atoms with Crippen molar-refractivity contribution in [3.05, 3.63) is 65.0 Å². The van der Waals surface area contributed by atoms with Gasteiger partial charge in [0.15, 0.2) is 0 Å². The van der Waals surface area contributed by atoms with Crippen molar-refractivity contribution in [2.24, 2.45) is 0 Å². The molecule has 3 heteroatoms. The fourth-order valence-corrected chi connectivity index (χ4v) is 2.71. The number of hydrogen-bond acceptors (Lipinski definition) is 2. The van der Waals surface area contributed by atoms with Crippen LogP contribution in [0.5, 0.6) is 0 Å². The fraction of sp³-hybridized carbons (Fsp3) is 0.200. The van der Waals surface area contributed by atoms with Crippen LogP contribution < -0.4 is 0 Å². The van der Waals surface area contributed by atoms with Gasteiger partial charge in [-0.3, -0.25) is 0 Å². The molecule has 0 heterocycles. The van der Waals surface area contributed by atoms with Crippen LogP contribution in [-0.2, 0) is 12.4 Å². The summed E-state index contributed by atoms with van der Waals surface area (Å²) in [7, 11) is 0. The predicted octanol–water partition coefficient (Wildman–Crippen LogP) is 3.92. The van der Waals surface area contributed by atoms with E-state index in [-0.39, 0.29) is 12.4 Å². The highest BCUT2D eigenvalue weighted by Crippen LogP contribution is 2.25. The molecule has 0 aliphatic heterocycles. The zero-order chi connectivity index (χ0) is 13.0. The van der Waals surface area contributed by atoms with Crippen LogP contribution >= 0.6 is 11.8 Å². The second kappa shape index (κ2) is 6.03. The van der Waals surface area contributed by atoms with Gasteiger partial charge < -0.3 is 5.11 Å². The molecular weight excluding hydrogens is 247 g/mol. The molecule has 0 amide bonds. The molecule has 94 valence electrons. The molecule has 2 rings (SSSR count). The van der Waals surface area contributed by atoms with Gasteiger partial charge in [0.05, 0.1) is 6.61 Å². The summed E-state index contributed by atoms with van der Waals surface area (Å²) < 4.78 is 13.3. The van der Waals surface area contributed by atoms with Gasteiger partial charge in [-0.25, -0.2) is 4.39 Å². The molecular formula is C15H15FOS. The number of aryl methyl sites for hydroxylation is 1. The smallest absolute Gasteiger partial charge is 0.124 e. The van der Waals surface area contributed by atoms with E-state index in [2.05, 4.69) is 25.1 Å². The molecule has 1 nitrogen and oxygen atoms in total. The summed E-state index contributed by atoms with van der Waals surface area (Å²) in [5, 5.41) is 9.03. The fourth-order valence-electron chi connectivity index (χ4n) is 1.76. The maximum Gasteiger partial charge on any atom is 0.124 e. The van der Waals surface area contributed by atoms with E-state index in [9.17, 15) is 4.39 Å². The number of hydrogen-bond donors (Lipinski definition) is 1. The lowest BCUT2D eigenvalue weighted by Gasteiger charge is -2.05. The Hall–Kier alpha value is -1.32. The van der Waals surface area contributed by atoms with Crippen molar-refractivity contribution >= 4 is 11.8 Å². The second-order valence-corrected chi connectivity index (χ2v) is 5.28. The highest BCUT2D eigenvalue weighted by atomic mass is 32.2. The van der Waals surface area contributed by atoms with Gasteiger partial charge in [-0.1, -0.05) is 29.8 Å². The van der Waals surface area contributed by atoms with Gasteiger partial charge in [-0.15, -0.1) is 11.8 Å². The molecule has 0 aliphatic rings. The molecule has 0 unspecified atom stereocenters. The average molecular weight is 262 g/mol. The standard InChI is InChI=1S/C15H15FOS/c1-11-3-2-4-12(5-11)10-18-15-7-13(9-17)6-14(16)8-15/h2-8,17H,9-10H2,1H3. The molecule has 0 spiro atoms. The van der Waals surface area contributed by atoms with Gasteiger partial charge in [-0.2, -0.15) is 0 Å². The van der Waals surface area contributed by atoms with E-state index in [0.29, 0.717) is 5.56 Å². The molecule has 2 aromatic rings. The van der Waals surface area contributed by atoms with E-state index in [4.69, 9.17) is 5.11 Å². The van der Waals surface area contributed by atoms with E-state index >= 15 is 0 Å². The largest absolute Gasteiger partial charge is 0.392 e. The molecule has 0 radical (unpaired) electrons. The molecule has 0 atom stereocenters.